The predicted octanol–water partition coefficient (Wildman–Crippen LogP) is 2.15. The molecule has 0 radical (unpaired) electrons. The van der Waals surface area contributed by atoms with Crippen molar-refractivity contribution in [2.45, 2.75) is 13.3 Å². The fourth-order valence-corrected chi connectivity index (χ4v) is 1.79. The summed E-state index contributed by atoms with van der Waals surface area (Å²) in [5.74, 6) is -1.17. The van der Waals surface area contributed by atoms with E-state index in [-0.39, 0.29) is 0 Å². The number of hydrogen-bond acceptors (Lipinski definition) is 4. The average molecular weight is 245 g/mol. The number of benzene rings is 1. The molecule has 5 heteroatoms. The summed E-state index contributed by atoms with van der Waals surface area (Å²) in [4.78, 5) is 10.9. The van der Waals surface area contributed by atoms with Gasteiger partial charge in [-0.2, -0.15) is 10.2 Å². The molecule has 0 aliphatic heterocycles. The summed E-state index contributed by atoms with van der Waals surface area (Å²) in [5.41, 5.74) is 1.62. The van der Waals surface area contributed by atoms with E-state index >= 15 is 0 Å². The van der Waals surface area contributed by atoms with E-state index in [1.54, 1.807) is 6.20 Å². The van der Waals surface area contributed by atoms with Crippen LogP contribution in [0.4, 0.5) is 5.69 Å². The number of hydrogen-bond donors (Lipinski definition) is 2. The van der Waals surface area contributed by atoms with Gasteiger partial charge in [-0.1, -0.05) is 25.1 Å². The summed E-state index contributed by atoms with van der Waals surface area (Å²) >= 11 is 0. The lowest BCUT2D eigenvalue weighted by Gasteiger charge is -2.13. The fourth-order valence-electron chi connectivity index (χ4n) is 1.79. The Bertz CT molecular complexity index is 551. The molecule has 94 valence electrons. The second-order valence-electron chi connectivity index (χ2n) is 4.10. The van der Waals surface area contributed by atoms with Crippen molar-refractivity contribution in [2.75, 3.05) is 11.9 Å². The highest BCUT2D eigenvalue weighted by atomic mass is 16.4. The first-order chi connectivity index (χ1) is 8.72. The van der Waals surface area contributed by atoms with Crippen molar-refractivity contribution in [1.82, 2.24) is 10.2 Å². The molecule has 0 aliphatic carbocycles. The van der Waals surface area contributed by atoms with Crippen molar-refractivity contribution >= 4 is 22.6 Å². The van der Waals surface area contributed by atoms with Gasteiger partial charge in [0.15, 0.2) is 0 Å². The fraction of sp³-hybridized carbons (Fsp3) is 0.308. The van der Waals surface area contributed by atoms with Gasteiger partial charge in [0, 0.05) is 11.9 Å². The molecule has 18 heavy (non-hydrogen) atoms. The van der Waals surface area contributed by atoms with Gasteiger partial charge in [-0.25, -0.2) is 0 Å². The van der Waals surface area contributed by atoms with Crippen LogP contribution < -0.4 is 5.32 Å². The van der Waals surface area contributed by atoms with Gasteiger partial charge in [0.2, 0.25) is 0 Å². The molecule has 2 aromatic rings. The Hall–Kier alpha value is -2.17. The van der Waals surface area contributed by atoms with Crippen LogP contribution in [-0.2, 0) is 4.79 Å². The highest BCUT2D eigenvalue weighted by Crippen LogP contribution is 2.20. The normalized spacial score (nSPS) is 12.3. The quantitative estimate of drug-likeness (QED) is 0.844. The second-order valence-corrected chi connectivity index (χ2v) is 4.10. The Morgan fingerprint density at radius 3 is 2.94 bits per heavy atom. The van der Waals surface area contributed by atoms with Gasteiger partial charge >= 0.3 is 5.97 Å². The third-order valence-electron chi connectivity index (χ3n) is 2.93. The second kappa shape index (κ2) is 5.44. The molecule has 5 nitrogen and oxygen atoms in total. The van der Waals surface area contributed by atoms with E-state index in [4.69, 9.17) is 5.11 Å². The van der Waals surface area contributed by atoms with Crippen LogP contribution in [-0.4, -0.2) is 27.8 Å². The Balaban J connectivity index is 2.19. The molecule has 0 fully saturated rings. The van der Waals surface area contributed by atoms with Crippen LogP contribution in [0.2, 0.25) is 0 Å². The zero-order chi connectivity index (χ0) is 13.0. The monoisotopic (exact) mass is 245 g/mol. The van der Waals surface area contributed by atoms with Crippen LogP contribution >= 0.6 is 0 Å². The van der Waals surface area contributed by atoms with E-state index in [0.717, 1.165) is 16.6 Å². The maximum Gasteiger partial charge on any atom is 0.308 e. The minimum atomic E-state index is -0.781. The Labute approximate surface area is 105 Å². The summed E-state index contributed by atoms with van der Waals surface area (Å²) in [5, 5.41) is 21.0. The van der Waals surface area contributed by atoms with E-state index in [1.165, 1.54) is 0 Å². The zero-order valence-corrected chi connectivity index (χ0v) is 10.1. The molecule has 0 saturated carbocycles. The minimum Gasteiger partial charge on any atom is -0.481 e. The first-order valence-electron chi connectivity index (χ1n) is 5.89. The van der Waals surface area contributed by atoms with Crippen molar-refractivity contribution in [1.29, 1.82) is 0 Å². The SMILES string of the molecule is CCC(CNc1cnnc2ccccc12)C(=O)O. The maximum absolute atomic E-state index is 10.9. The van der Waals surface area contributed by atoms with Gasteiger partial charge in [0.25, 0.3) is 0 Å². The van der Waals surface area contributed by atoms with E-state index in [9.17, 15) is 4.79 Å². The number of aromatic nitrogens is 2. The van der Waals surface area contributed by atoms with Crippen molar-refractivity contribution in [3.05, 3.63) is 30.5 Å². The molecule has 0 amide bonds. The van der Waals surface area contributed by atoms with Crippen LogP contribution in [0.3, 0.4) is 0 Å². The van der Waals surface area contributed by atoms with Crippen LogP contribution in [0.1, 0.15) is 13.3 Å². The predicted molar refractivity (Wildman–Crippen MR) is 69.4 cm³/mol. The lowest BCUT2D eigenvalue weighted by molar-refractivity contribution is -0.141. The number of nitrogens with one attached hydrogen (secondary N) is 1. The van der Waals surface area contributed by atoms with E-state index in [2.05, 4.69) is 15.5 Å². The molecule has 0 spiro atoms. The lowest BCUT2D eigenvalue weighted by atomic mass is 10.1. The van der Waals surface area contributed by atoms with E-state index < -0.39 is 11.9 Å². The van der Waals surface area contributed by atoms with Gasteiger partial charge in [0.1, 0.15) is 0 Å². The summed E-state index contributed by atoms with van der Waals surface area (Å²) < 4.78 is 0. The molecular weight excluding hydrogens is 230 g/mol. The summed E-state index contributed by atoms with van der Waals surface area (Å²) in [7, 11) is 0. The number of fused-ring (bicyclic) bond motifs is 1. The van der Waals surface area contributed by atoms with Gasteiger partial charge < -0.3 is 10.4 Å². The average Bonchev–Trinajstić information content (AvgIpc) is 2.39. The van der Waals surface area contributed by atoms with Crippen molar-refractivity contribution in [3.8, 4) is 0 Å². The number of aliphatic carboxylic acids is 1. The van der Waals surface area contributed by atoms with Gasteiger partial charge in [-0.15, -0.1) is 0 Å². The first kappa shape index (κ1) is 12.3. The number of carboxylic acids is 1. The molecule has 2 rings (SSSR count). The largest absolute Gasteiger partial charge is 0.481 e. The lowest BCUT2D eigenvalue weighted by Crippen LogP contribution is -2.22. The first-order valence-corrected chi connectivity index (χ1v) is 5.89. The number of anilines is 1. The highest BCUT2D eigenvalue weighted by Gasteiger charge is 2.14. The van der Waals surface area contributed by atoms with Crippen molar-refractivity contribution in [2.24, 2.45) is 5.92 Å². The van der Waals surface area contributed by atoms with Crippen LogP contribution in [0.25, 0.3) is 10.9 Å². The van der Waals surface area contributed by atoms with Gasteiger partial charge in [0.05, 0.1) is 23.3 Å². The highest BCUT2D eigenvalue weighted by molar-refractivity contribution is 5.90. The van der Waals surface area contributed by atoms with Crippen LogP contribution in [0.15, 0.2) is 30.5 Å². The van der Waals surface area contributed by atoms with E-state index in [1.807, 2.05) is 31.2 Å². The minimum absolute atomic E-state index is 0.390. The third-order valence-corrected chi connectivity index (χ3v) is 2.93. The molecule has 0 saturated heterocycles. The third kappa shape index (κ3) is 2.56. The molecule has 0 bridgehead atoms. The van der Waals surface area contributed by atoms with Crippen molar-refractivity contribution in [3.63, 3.8) is 0 Å². The summed E-state index contributed by atoms with van der Waals surface area (Å²) in [6.45, 7) is 2.25. The zero-order valence-electron chi connectivity index (χ0n) is 10.1. The molecule has 0 aliphatic rings. The summed E-state index contributed by atoms with van der Waals surface area (Å²) in [6.07, 6.45) is 2.22. The summed E-state index contributed by atoms with van der Waals surface area (Å²) in [6, 6.07) is 7.63. The molecular formula is C13H15N3O2. The van der Waals surface area contributed by atoms with Crippen LogP contribution in [0, 0.1) is 5.92 Å². The number of nitrogens with zero attached hydrogens (tertiary/aromatic N) is 2. The van der Waals surface area contributed by atoms with Gasteiger partial charge in [-0.05, 0) is 12.5 Å². The molecule has 2 N–H and O–H groups in total. The number of carboxylic acid groups (broad SMARTS) is 1. The van der Waals surface area contributed by atoms with E-state index in [0.29, 0.717) is 13.0 Å². The molecule has 1 heterocycles. The smallest absolute Gasteiger partial charge is 0.308 e. The molecule has 1 aromatic carbocycles. The topological polar surface area (TPSA) is 75.1 Å². The standard InChI is InChI=1S/C13H15N3O2/c1-2-9(13(17)18)7-14-12-8-15-16-11-6-4-3-5-10(11)12/h3-6,8-9H,2,7H2,1H3,(H,14,16)(H,17,18). The number of rotatable bonds is 5. The number of carbonyl (C=O) groups is 1. The van der Waals surface area contributed by atoms with Gasteiger partial charge in [-0.3, -0.25) is 4.79 Å². The molecule has 1 unspecified atom stereocenters. The molecule has 1 aromatic heterocycles. The maximum atomic E-state index is 10.9. The molecule has 1 atom stereocenters. The Kier molecular flexibility index (Phi) is 3.72. The Morgan fingerprint density at radius 1 is 1.44 bits per heavy atom. The van der Waals surface area contributed by atoms with Crippen molar-refractivity contribution < 1.29 is 9.90 Å². The Morgan fingerprint density at radius 2 is 2.22 bits per heavy atom. The van der Waals surface area contributed by atoms with Crippen LogP contribution in [0.5, 0.6) is 0 Å².